The summed E-state index contributed by atoms with van der Waals surface area (Å²) in [7, 11) is 0. The molecule has 0 spiro atoms. The van der Waals surface area contributed by atoms with Gasteiger partial charge in [0.1, 0.15) is 16.5 Å². The lowest BCUT2D eigenvalue weighted by Crippen LogP contribution is -2.24. The van der Waals surface area contributed by atoms with Crippen LogP contribution >= 0.6 is 11.6 Å². The predicted molar refractivity (Wildman–Crippen MR) is 141 cm³/mol. The summed E-state index contributed by atoms with van der Waals surface area (Å²) >= 11 is 6.18. The van der Waals surface area contributed by atoms with E-state index >= 15 is 0 Å². The molecule has 0 amide bonds. The van der Waals surface area contributed by atoms with Crippen molar-refractivity contribution < 1.29 is 14.6 Å². The van der Waals surface area contributed by atoms with Crippen LogP contribution in [0.5, 0.6) is 0 Å². The second kappa shape index (κ2) is 9.54. The van der Waals surface area contributed by atoms with Crippen molar-refractivity contribution in [3.05, 3.63) is 80.9 Å². The van der Waals surface area contributed by atoms with E-state index in [1.807, 2.05) is 38.1 Å². The molecule has 8 nitrogen and oxygen atoms in total. The predicted octanol–water partition coefficient (Wildman–Crippen LogP) is 4.24. The third-order valence-electron chi connectivity index (χ3n) is 6.55. The Hall–Kier alpha value is -3.46. The number of nitrogens with one attached hydrogen (secondary N) is 1. The lowest BCUT2D eigenvalue weighted by molar-refractivity contribution is 0.0572. The van der Waals surface area contributed by atoms with Crippen LogP contribution in [0.4, 0.5) is 11.5 Å². The van der Waals surface area contributed by atoms with Crippen LogP contribution in [0.15, 0.2) is 58.0 Å². The van der Waals surface area contributed by atoms with Gasteiger partial charge in [-0.1, -0.05) is 17.7 Å². The van der Waals surface area contributed by atoms with Crippen LogP contribution in [-0.2, 0) is 0 Å². The minimum atomic E-state index is -0.861. The highest BCUT2D eigenvalue weighted by molar-refractivity contribution is 6.29. The molecule has 0 saturated carbocycles. The van der Waals surface area contributed by atoms with Crippen molar-refractivity contribution in [2.24, 2.45) is 0 Å². The van der Waals surface area contributed by atoms with E-state index in [9.17, 15) is 15.0 Å². The Bertz CT molecular complexity index is 1480. The van der Waals surface area contributed by atoms with Crippen molar-refractivity contribution in [3.8, 4) is 11.3 Å². The highest BCUT2D eigenvalue weighted by atomic mass is 35.5. The molecule has 0 aliphatic carbocycles. The average molecular weight is 507 g/mol. The molecule has 1 aliphatic rings. The van der Waals surface area contributed by atoms with Gasteiger partial charge in [-0.25, -0.2) is 4.98 Å². The van der Waals surface area contributed by atoms with Crippen molar-refractivity contribution in [3.63, 3.8) is 0 Å². The maximum atomic E-state index is 13.4. The second-order valence-electron chi connectivity index (χ2n) is 9.27. The van der Waals surface area contributed by atoms with Crippen molar-refractivity contribution >= 4 is 34.1 Å². The topological polar surface area (TPSA) is 112 Å². The molecule has 9 heteroatoms. The van der Waals surface area contributed by atoms with Crippen molar-refractivity contribution in [2.75, 3.05) is 23.3 Å². The lowest BCUT2D eigenvalue weighted by Gasteiger charge is -2.24. The van der Waals surface area contributed by atoms with E-state index < -0.39 is 12.2 Å². The number of aromatic nitrogens is 2. The quantitative estimate of drug-likeness (QED) is 0.345. The van der Waals surface area contributed by atoms with E-state index in [1.165, 1.54) is 0 Å². The van der Waals surface area contributed by atoms with Gasteiger partial charge in [-0.15, -0.1) is 0 Å². The Morgan fingerprint density at radius 3 is 2.61 bits per heavy atom. The highest BCUT2D eigenvalue weighted by Gasteiger charge is 2.32. The normalized spacial score (nSPS) is 18.6. The molecule has 4 aromatic rings. The van der Waals surface area contributed by atoms with Gasteiger partial charge >= 0.3 is 0 Å². The summed E-state index contributed by atoms with van der Waals surface area (Å²) in [6, 6.07) is 10.7. The van der Waals surface area contributed by atoms with E-state index in [4.69, 9.17) is 16.0 Å². The smallest absolute Gasteiger partial charge is 0.196 e. The summed E-state index contributed by atoms with van der Waals surface area (Å²) in [5, 5.41) is 24.4. The molecule has 3 atom stereocenters. The number of aryl methyl sites for hydroxylation is 1. The zero-order valence-electron chi connectivity index (χ0n) is 20.2. The van der Waals surface area contributed by atoms with Gasteiger partial charge in [0.2, 0.25) is 0 Å². The molecule has 0 bridgehead atoms. The summed E-state index contributed by atoms with van der Waals surface area (Å²) in [6.45, 7) is 6.18. The number of hydrogen-bond donors (Lipinski definition) is 3. The maximum Gasteiger partial charge on any atom is 0.196 e. The fraction of sp³-hybridized carbons (Fsp3) is 0.296. The Balaban J connectivity index is 1.59. The van der Waals surface area contributed by atoms with Gasteiger partial charge in [0.15, 0.2) is 11.2 Å². The van der Waals surface area contributed by atoms with Crippen LogP contribution in [0.25, 0.3) is 22.3 Å². The molecule has 186 valence electrons. The lowest BCUT2D eigenvalue weighted by atomic mass is 9.99. The molecule has 1 fully saturated rings. The summed E-state index contributed by atoms with van der Waals surface area (Å²) < 4.78 is 6.39. The molecule has 4 heterocycles. The van der Waals surface area contributed by atoms with Gasteiger partial charge in [0, 0.05) is 42.2 Å². The summed E-state index contributed by atoms with van der Waals surface area (Å²) in [4.78, 5) is 23.8. The van der Waals surface area contributed by atoms with Crippen LogP contribution in [0.2, 0.25) is 5.15 Å². The molecule has 0 unspecified atom stereocenters. The fourth-order valence-corrected chi connectivity index (χ4v) is 4.84. The Morgan fingerprint density at radius 1 is 1.17 bits per heavy atom. The van der Waals surface area contributed by atoms with Gasteiger partial charge in [-0.3, -0.25) is 9.78 Å². The first-order valence-corrected chi connectivity index (χ1v) is 12.1. The summed E-state index contributed by atoms with van der Waals surface area (Å²) in [6.07, 6.45) is 1.63. The molecule has 1 aliphatic heterocycles. The third-order valence-corrected chi connectivity index (χ3v) is 6.76. The van der Waals surface area contributed by atoms with Crippen molar-refractivity contribution in [1.82, 2.24) is 9.97 Å². The number of aliphatic hydroxyl groups excluding tert-OH is 2. The van der Waals surface area contributed by atoms with Gasteiger partial charge in [0.05, 0.1) is 29.3 Å². The first-order valence-electron chi connectivity index (χ1n) is 11.8. The van der Waals surface area contributed by atoms with E-state index in [0.29, 0.717) is 39.0 Å². The first-order chi connectivity index (χ1) is 17.2. The van der Waals surface area contributed by atoms with Gasteiger partial charge in [-0.05, 0) is 56.7 Å². The van der Waals surface area contributed by atoms with Gasteiger partial charge < -0.3 is 24.8 Å². The number of fused-ring (bicyclic) bond motifs is 1. The van der Waals surface area contributed by atoms with E-state index in [-0.39, 0.29) is 24.6 Å². The zero-order chi connectivity index (χ0) is 25.6. The molecule has 3 N–H and O–H groups in total. The third kappa shape index (κ3) is 4.43. The zero-order valence-corrected chi connectivity index (χ0v) is 21.0. The number of halogens is 1. The van der Waals surface area contributed by atoms with Gasteiger partial charge in [-0.2, -0.15) is 0 Å². The number of nitrogens with zero attached hydrogens (tertiary/aromatic N) is 3. The molecule has 0 radical (unpaired) electrons. The SMILES string of the molecule is Cc1cc([C@@H](C)Nc2ccc(Cl)nc2N2C[C@H](O)[C@@H](O)C2)c2oc(-c3cccnc3)c(C)c(=O)c2c1. The molecule has 1 saturated heterocycles. The fourth-order valence-electron chi connectivity index (χ4n) is 4.69. The van der Waals surface area contributed by atoms with Crippen LogP contribution in [0.1, 0.15) is 29.7 Å². The number of anilines is 2. The number of aliphatic hydroxyl groups is 2. The van der Waals surface area contributed by atoms with Crippen molar-refractivity contribution in [2.45, 2.75) is 39.0 Å². The minimum absolute atomic E-state index is 0.0823. The van der Waals surface area contributed by atoms with Crippen LogP contribution in [-0.4, -0.2) is 45.5 Å². The van der Waals surface area contributed by atoms with Crippen molar-refractivity contribution in [1.29, 1.82) is 0 Å². The Kier molecular flexibility index (Phi) is 6.42. The average Bonchev–Trinajstić information content (AvgIpc) is 3.20. The number of rotatable bonds is 5. The Morgan fingerprint density at radius 2 is 1.92 bits per heavy atom. The number of pyridine rings is 2. The maximum absolute atomic E-state index is 13.4. The molecular weight excluding hydrogens is 480 g/mol. The highest BCUT2D eigenvalue weighted by Crippen LogP contribution is 2.35. The molecular formula is C27H27ClN4O4. The monoisotopic (exact) mass is 506 g/mol. The molecule has 5 rings (SSSR count). The largest absolute Gasteiger partial charge is 0.455 e. The van der Waals surface area contributed by atoms with E-state index in [0.717, 1.165) is 16.7 Å². The second-order valence-corrected chi connectivity index (χ2v) is 9.66. The Labute approximate surface area is 213 Å². The van der Waals surface area contributed by atoms with E-state index in [1.54, 1.807) is 36.4 Å². The summed E-state index contributed by atoms with van der Waals surface area (Å²) in [5.74, 6) is 1.03. The molecule has 1 aromatic carbocycles. The molecule has 3 aromatic heterocycles. The van der Waals surface area contributed by atoms with Crippen LogP contribution in [0, 0.1) is 13.8 Å². The van der Waals surface area contributed by atoms with Crippen LogP contribution in [0.3, 0.4) is 0 Å². The number of benzene rings is 1. The first kappa shape index (κ1) is 24.2. The molecule has 36 heavy (non-hydrogen) atoms. The number of hydrogen-bond acceptors (Lipinski definition) is 8. The van der Waals surface area contributed by atoms with Crippen LogP contribution < -0.4 is 15.6 Å². The van der Waals surface area contributed by atoms with Gasteiger partial charge in [0.25, 0.3) is 0 Å². The number of β-amino-alcohol motifs (C(OH)–C–C–N with tert-alkyl or cyclic N) is 2. The van der Waals surface area contributed by atoms with E-state index in [2.05, 4.69) is 15.3 Å². The standard InChI is InChI=1S/C27H27ClN4O4/c1-14-9-18(26-19(10-14)24(35)15(2)25(36-26)17-5-4-8-29-11-17)16(3)30-20-6-7-23(28)31-27(20)32-12-21(33)22(34)13-32/h4-11,16,21-22,30,33-34H,12-13H2,1-3H3/t16-,21+,22+/m1/s1. The summed E-state index contributed by atoms with van der Waals surface area (Å²) in [5.41, 5.74) is 4.12. The minimum Gasteiger partial charge on any atom is -0.455 e.